The average molecular weight is 287 g/mol. The lowest BCUT2D eigenvalue weighted by molar-refractivity contribution is 0.106. The van der Waals surface area contributed by atoms with Crippen LogP contribution in [0.25, 0.3) is 5.69 Å². The highest BCUT2D eigenvalue weighted by molar-refractivity contribution is 8.06. The van der Waals surface area contributed by atoms with Gasteiger partial charge in [-0.05, 0) is 12.1 Å². The molecule has 2 heterocycles. The molecule has 6 nitrogen and oxygen atoms in total. The van der Waals surface area contributed by atoms with Crippen molar-refractivity contribution in [2.75, 3.05) is 0 Å². The van der Waals surface area contributed by atoms with Crippen molar-refractivity contribution in [3.63, 3.8) is 0 Å². The predicted octanol–water partition coefficient (Wildman–Crippen LogP) is 1.04. The van der Waals surface area contributed by atoms with Crippen LogP contribution in [0.2, 0.25) is 0 Å². The third-order valence-electron chi connectivity index (χ3n) is 2.22. The molecule has 0 aliphatic rings. The van der Waals surface area contributed by atoms with Crippen LogP contribution in [0.15, 0.2) is 36.9 Å². The van der Waals surface area contributed by atoms with E-state index in [1.54, 1.807) is 12.1 Å². The van der Waals surface area contributed by atoms with Crippen molar-refractivity contribution in [3.8, 4) is 5.69 Å². The normalized spacial score (nSPS) is 11.7. The molecule has 0 N–H and O–H groups in total. The Bertz CT molecular complexity index is 698. The Kier molecular flexibility index (Phi) is 3.38. The summed E-state index contributed by atoms with van der Waals surface area (Å²) in [6, 6.07) is 3.21. The van der Waals surface area contributed by atoms with Gasteiger partial charge in [0.05, 0.1) is 23.6 Å². The van der Waals surface area contributed by atoms with Gasteiger partial charge in [0.1, 0.15) is 0 Å². The van der Waals surface area contributed by atoms with Crippen molar-refractivity contribution in [2.45, 2.75) is 5.76 Å². The number of nitrogens with zero attached hydrogens (tertiary/aromatic N) is 3. The van der Waals surface area contributed by atoms with Gasteiger partial charge < -0.3 is 0 Å². The van der Waals surface area contributed by atoms with Crippen LogP contribution in [-0.4, -0.2) is 34.1 Å². The van der Waals surface area contributed by atoms with Gasteiger partial charge >= 0.3 is 5.76 Å². The van der Waals surface area contributed by atoms with Gasteiger partial charge in [-0.2, -0.15) is 13.9 Å². The summed E-state index contributed by atoms with van der Waals surface area (Å²) in [5.74, 6) is -3.75. The summed E-state index contributed by atoms with van der Waals surface area (Å²) in [7, 11) is -5.14. The number of carbonyl (C=O) groups is 1. The van der Waals surface area contributed by atoms with E-state index in [1.807, 2.05) is 0 Å². The first-order valence-electron chi connectivity index (χ1n) is 4.94. The van der Waals surface area contributed by atoms with E-state index in [-0.39, 0.29) is 0 Å². The number of hydrogen-bond acceptors (Lipinski definition) is 5. The first-order valence-corrected chi connectivity index (χ1v) is 6.49. The van der Waals surface area contributed by atoms with Gasteiger partial charge in [-0.15, -0.1) is 0 Å². The zero-order chi connectivity index (χ0) is 14.0. The third kappa shape index (κ3) is 2.50. The summed E-state index contributed by atoms with van der Waals surface area (Å²) >= 11 is 0. The molecule has 0 radical (unpaired) electrons. The van der Waals surface area contributed by atoms with Crippen LogP contribution in [-0.2, 0) is 9.84 Å². The van der Waals surface area contributed by atoms with E-state index in [1.165, 1.54) is 17.1 Å². The Morgan fingerprint density at radius 3 is 2.63 bits per heavy atom. The second-order valence-corrected chi connectivity index (χ2v) is 5.30. The van der Waals surface area contributed by atoms with Crippen LogP contribution in [0.1, 0.15) is 10.4 Å². The maximum absolute atomic E-state index is 12.2. The lowest BCUT2D eigenvalue weighted by Crippen LogP contribution is -2.21. The quantitative estimate of drug-likeness (QED) is 0.842. The monoisotopic (exact) mass is 287 g/mol. The molecule has 100 valence electrons. The molecule has 2 rings (SSSR count). The molecular formula is C10H7F2N3O3S. The van der Waals surface area contributed by atoms with Crippen LogP contribution in [0, 0.1) is 0 Å². The molecule has 0 saturated heterocycles. The number of carbonyl (C=O) groups excluding carboxylic acids is 1. The van der Waals surface area contributed by atoms with Gasteiger partial charge in [0.2, 0.25) is 0 Å². The van der Waals surface area contributed by atoms with Crippen LogP contribution >= 0.6 is 0 Å². The molecule has 0 aliphatic carbocycles. The average Bonchev–Trinajstić information content (AvgIpc) is 2.88. The lowest BCUT2D eigenvalue weighted by Gasteiger charge is -1.99. The van der Waals surface area contributed by atoms with Gasteiger partial charge in [-0.25, -0.2) is 13.1 Å². The second kappa shape index (κ2) is 4.84. The topological polar surface area (TPSA) is 81.9 Å². The van der Waals surface area contributed by atoms with Gasteiger partial charge in [-0.3, -0.25) is 9.78 Å². The fourth-order valence-electron chi connectivity index (χ4n) is 1.30. The summed E-state index contributed by atoms with van der Waals surface area (Å²) < 4.78 is 47.7. The first kappa shape index (κ1) is 13.3. The summed E-state index contributed by atoms with van der Waals surface area (Å²) in [5, 5.41) is 2.07. The molecular weight excluding hydrogens is 280 g/mol. The summed E-state index contributed by atoms with van der Waals surface area (Å²) in [4.78, 5) is 15.2. The van der Waals surface area contributed by atoms with Crippen molar-refractivity contribution >= 4 is 15.0 Å². The highest BCUT2D eigenvalue weighted by Crippen LogP contribution is 2.14. The molecule has 0 aromatic carbocycles. The Balaban J connectivity index is 2.36. The molecule has 19 heavy (non-hydrogen) atoms. The van der Waals surface area contributed by atoms with E-state index in [2.05, 4.69) is 10.1 Å². The zero-order valence-electron chi connectivity index (χ0n) is 9.27. The number of alkyl halides is 2. The minimum atomic E-state index is -5.14. The molecule has 0 saturated carbocycles. The molecule has 0 amide bonds. The number of hydrogen-bond donors (Lipinski definition) is 0. The van der Waals surface area contributed by atoms with Gasteiger partial charge in [-0.1, -0.05) is 0 Å². The van der Waals surface area contributed by atoms with E-state index in [4.69, 9.17) is 0 Å². The van der Waals surface area contributed by atoms with Gasteiger partial charge in [0.15, 0.2) is 0 Å². The standard InChI is InChI=1S/C10H7F2N3O3S/c11-10(12)19(17,18)9(16)7-4-14-15(6-7)8-2-1-3-13-5-8/h1-6,10H. The fourth-order valence-corrected chi connectivity index (χ4v) is 1.90. The van der Waals surface area contributed by atoms with Crippen LogP contribution in [0.3, 0.4) is 0 Å². The zero-order valence-corrected chi connectivity index (χ0v) is 10.1. The van der Waals surface area contributed by atoms with E-state index in [0.717, 1.165) is 12.4 Å². The number of aromatic nitrogens is 3. The molecule has 0 bridgehead atoms. The minimum absolute atomic E-state index is 0.427. The Labute approximate surface area is 106 Å². The number of sulfone groups is 1. The summed E-state index contributed by atoms with van der Waals surface area (Å²) in [6.45, 7) is 0. The first-order chi connectivity index (χ1) is 8.93. The fraction of sp³-hybridized carbons (Fsp3) is 0.100. The molecule has 0 atom stereocenters. The predicted molar refractivity (Wildman–Crippen MR) is 60.6 cm³/mol. The maximum atomic E-state index is 12.2. The van der Waals surface area contributed by atoms with Crippen molar-refractivity contribution in [1.29, 1.82) is 0 Å². The Hall–Kier alpha value is -2.16. The SMILES string of the molecule is O=C(c1cnn(-c2cccnc2)c1)S(=O)(=O)C(F)F. The van der Waals surface area contributed by atoms with E-state index < -0.39 is 26.3 Å². The van der Waals surface area contributed by atoms with Crippen LogP contribution in [0.5, 0.6) is 0 Å². The van der Waals surface area contributed by atoms with Crippen LogP contribution in [0.4, 0.5) is 8.78 Å². The molecule has 0 spiro atoms. The molecule has 0 fully saturated rings. The summed E-state index contributed by atoms with van der Waals surface area (Å²) in [5.41, 5.74) is 0.0418. The third-order valence-corrected chi connectivity index (χ3v) is 3.44. The number of pyridine rings is 1. The Morgan fingerprint density at radius 1 is 1.32 bits per heavy atom. The van der Waals surface area contributed by atoms with Crippen molar-refractivity contribution in [2.24, 2.45) is 0 Å². The van der Waals surface area contributed by atoms with Gasteiger partial charge in [0.25, 0.3) is 15.0 Å². The number of rotatable bonds is 3. The molecule has 9 heteroatoms. The smallest absolute Gasteiger partial charge is 0.276 e. The van der Waals surface area contributed by atoms with Crippen LogP contribution < -0.4 is 0 Å². The van der Waals surface area contributed by atoms with Crippen molar-refractivity contribution < 1.29 is 22.0 Å². The molecule has 2 aromatic rings. The maximum Gasteiger partial charge on any atom is 0.344 e. The molecule has 2 aromatic heterocycles. The summed E-state index contributed by atoms with van der Waals surface area (Å²) in [6.07, 6.45) is 4.90. The molecule has 0 unspecified atom stereocenters. The second-order valence-electron chi connectivity index (χ2n) is 3.48. The van der Waals surface area contributed by atoms with Gasteiger partial charge in [0, 0.05) is 12.4 Å². The highest BCUT2D eigenvalue weighted by atomic mass is 32.2. The minimum Gasteiger partial charge on any atom is -0.276 e. The van der Waals surface area contributed by atoms with Crippen molar-refractivity contribution in [1.82, 2.24) is 14.8 Å². The highest BCUT2D eigenvalue weighted by Gasteiger charge is 2.34. The van der Waals surface area contributed by atoms with E-state index in [0.29, 0.717) is 5.69 Å². The lowest BCUT2D eigenvalue weighted by atomic mass is 10.4. The largest absolute Gasteiger partial charge is 0.344 e. The number of halogens is 2. The van der Waals surface area contributed by atoms with E-state index >= 15 is 0 Å². The Morgan fingerprint density at radius 2 is 2.05 bits per heavy atom. The van der Waals surface area contributed by atoms with Crippen molar-refractivity contribution in [3.05, 3.63) is 42.5 Å². The van der Waals surface area contributed by atoms with E-state index in [9.17, 15) is 22.0 Å². The molecule has 0 aliphatic heterocycles.